The van der Waals surface area contributed by atoms with Crippen LogP contribution in [0.25, 0.3) is 0 Å². The predicted molar refractivity (Wildman–Crippen MR) is 90.7 cm³/mol. The number of halogens is 1. The zero-order valence-corrected chi connectivity index (χ0v) is 15.0. The standard InChI is InChI=1S/C17H22BrN3O/c1-17(2,3)21-8-4-7-20(9-10-21)16(22)13-5-6-15(18)14(11-13)12-19/h5-6,11H,4,7-10H2,1-3H3. The van der Waals surface area contributed by atoms with Gasteiger partial charge in [-0.2, -0.15) is 5.26 Å². The van der Waals surface area contributed by atoms with Gasteiger partial charge < -0.3 is 4.90 Å². The van der Waals surface area contributed by atoms with Crippen molar-refractivity contribution in [3.05, 3.63) is 33.8 Å². The molecule has 5 heteroatoms. The van der Waals surface area contributed by atoms with Gasteiger partial charge in [0.15, 0.2) is 0 Å². The van der Waals surface area contributed by atoms with Crippen LogP contribution in [-0.4, -0.2) is 47.4 Å². The first-order chi connectivity index (χ1) is 10.3. The van der Waals surface area contributed by atoms with E-state index in [1.54, 1.807) is 18.2 Å². The molecule has 118 valence electrons. The molecular formula is C17H22BrN3O. The van der Waals surface area contributed by atoms with Crippen LogP contribution in [0.2, 0.25) is 0 Å². The Morgan fingerprint density at radius 2 is 1.95 bits per heavy atom. The molecule has 4 nitrogen and oxygen atoms in total. The molecule has 0 unspecified atom stereocenters. The van der Waals surface area contributed by atoms with Crippen LogP contribution < -0.4 is 0 Å². The fourth-order valence-corrected chi connectivity index (χ4v) is 3.05. The van der Waals surface area contributed by atoms with Crippen molar-refractivity contribution in [3.63, 3.8) is 0 Å². The first-order valence-corrected chi connectivity index (χ1v) is 8.36. The highest BCUT2D eigenvalue weighted by atomic mass is 79.9. The molecule has 0 atom stereocenters. The Morgan fingerprint density at radius 1 is 1.23 bits per heavy atom. The molecule has 1 heterocycles. The second-order valence-corrected chi connectivity index (χ2v) is 7.46. The fraction of sp³-hybridized carbons (Fsp3) is 0.529. The molecule has 0 aromatic heterocycles. The summed E-state index contributed by atoms with van der Waals surface area (Å²) in [6.07, 6.45) is 0.977. The molecule has 1 aliphatic rings. The molecule has 1 aromatic carbocycles. The number of amides is 1. The average Bonchev–Trinajstić information content (AvgIpc) is 2.72. The van der Waals surface area contributed by atoms with Crippen molar-refractivity contribution in [2.24, 2.45) is 0 Å². The summed E-state index contributed by atoms with van der Waals surface area (Å²) in [4.78, 5) is 17.0. The van der Waals surface area contributed by atoms with Crippen LogP contribution in [0.1, 0.15) is 43.1 Å². The van der Waals surface area contributed by atoms with Crippen LogP contribution in [0.3, 0.4) is 0 Å². The minimum atomic E-state index is 0.0137. The Labute approximate surface area is 140 Å². The van der Waals surface area contributed by atoms with Crippen molar-refractivity contribution < 1.29 is 4.79 Å². The van der Waals surface area contributed by atoms with Gasteiger partial charge in [0, 0.05) is 41.8 Å². The van der Waals surface area contributed by atoms with Gasteiger partial charge in [0.2, 0.25) is 0 Å². The van der Waals surface area contributed by atoms with Gasteiger partial charge in [-0.3, -0.25) is 9.69 Å². The lowest BCUT2D eigenvalue weighted by Gasteiger charge is -2.34. The molecule has 1 amide bonds. The minimum Gasteiger partial charge on any atom is -0.337 e. The Morgan fingerprint density at radius 3 is 2.59 bits per heavy atom. The Bertz CT molecular complexity index is 601. The second-order valence-electron chi connectivity index (χ2n) is 6.61. The van der Waals surface area contributed by atoms with Crippen molar-refractivity contribution in [2.45, 2.75) is 32.7 Å². The van der Waals surface area contributed by atoms with Gasteiger partial charge in [-0.25, -0.2) is 0 Å². The molecule has 1 aliphatic heterocycles. The highest BCUT2D eigenvalue weighted by molar-refractivity contribution is 9.10. The van der Waals surface area contributed by atoms with Crippen LogP contribution in [0.4, 0.5) is 0 Å². The van der Waals surface area contributed by atoms with E-state index in [2.05, 4.69) is 47.7 Å². The van der Waals surface area contributed by atoms with E-state index in [1.807, 2.05) is 4.90 Å². The van der Waals surface area contributed by atoms with Gasteiger partial charge in [0.05, 0.1) is 5.56 Å². The summed E-state index contributed by atoms with van der Waals surface area (Å²) in [5, 5.41) is 9.09. The van der Waals surface area contributed by atoms with Crippen LogP contribution in [-0.2, 0) is 0 Å². The number of nitriles is 1. The number of hydrogen-bond donors (Lipinski definition) is 0. The van der Waals surface area contributed by atoms with Crippen molar-refractivity contribution in [3.8, 4) is 6.07 Å². The lowest BCUT2D eigenvalue weighted by atomic mass is 10.1. The van der Waals surface area contributed by atoms with Crippen molar-refractivity contribution in [1.29, 1.82) is 5.26 Å². The van der Waals surface area contributed by atoms with E-state index in [0.29, 0.717) is 11.1 Å². The van der Waals surface area contributed by atoms with Gasteiger partial charge in [-0.1, -0.05) is 0 Å². The van der Waals surface area contributed by atoms with Gasteiger partial charge in [-0.05, 0) is 61.3 Å². The molecule has 1 saturated heterocycles. The van der Waals surface area contributed by atoms with Crippen LogP contribution in [0.15, 0.2) is 22.7 Å². The maximum Gasteiger partial charge on any atom is 0.253 e. The lowest BCUT2D eigenvalue weighted by molar-refractivity contribution is 0.0749. The summed E-state index contributed by atoms with van der Waals surface area (Å²) in [5.74, 6) is 0.0137. The van der Waals surface area contributed by atoms with Crippen LogP contribution >= 0.6 is 15.9 Å². The number of nitrogens with zero attached hydrogens (tertiary/aromatic N) is 3. The lowest BCUT2D eigenvalue weighted by Crippen LogP contribution is -2.44. The Hall–Kier alpha value is -1.38. The summed E-state index contributed by atoms with van der Waals surface area (Å²) < 4.78 is 0.723. The molecule has 0 spiro atoms. The normalized spacial score (nSPS) is 17.0. The fourth-order valence-electron chi connectivity index (χ4n) is 2.72. The maximum absolute atomic E-state index is 12.7. The molecule has 2 rings (SSSR count). The number of benzene rings is 1. The highest BCUT2D eigenvalue weighted by Gasteiger charge is 2.26. The molecule has 1 fully saturated rings. The van der Waals surface area contributed by atoms with E-state index in [1.165, 1.54) is 0 Å². The number of hydrogen-bond acceptors (Lipinski definition) is 3. The third-order valence-corrected chi connectivity index (χ3v) is 4.76. The first kappa shape index (κ1) is 17.0. The molecule has 0 radical (unpaired) electrons. The summed E-state index contributed by atoms with van der Waals surface area (Å²) in [5.41, 5.74) is 1.21. The predicted octanol–water partition coefficient (Wildman–Crippen LogP) is 3.27. The number of carbonyl (C=O) groups is 1. The smallest absolute Gasteiger partial charge is 0.253 e. The summed E-state index contributed by atoms with van der Waals surface area (Å²) in [6, 6.07) is 7.32. The van der Waals surface area contributed by atoms with E-state index < -0.39 is 0 Å². The van der Waals surface area contributed by atoms with E-state index >= 15 is 0 Å². The SMILES string of the molecule is CC(C)(C)N1CCCN(C(=O)c2ccc(Br)c(C#N)c2)CC1. The monoisotopic (exact) mass is 363 g/mol. The topological polar surface area (TPSA) is 47.3 Å². The van der Waals surface area contributed by atoms with Crippen molar-refractivity contribution >= 4 is 21.8 Å². The van der Waals surface area contributed by atoms with Crippen molar-refractivity contribution in [2.75, 3.05) is 26.2 Å². The Kier molecular flexibility index (Phi) is 5.25. The van der Waals surface area contributed by atoms with E-state index in [9.17, 15) is 4.79 Å². The Balaban J connectivity index is 2.12. The highest BCUT2D eigenvalue weighted by Crippen LogP contribution is 2.20. The maximum atomic E-state index is 12.7. The van der Waals surface area contributed by atoms with Gasteiger partial charge in [0.25, 0.3) is 5.91 Å². The zero-order valence-electron chi connectivity index (χ0n) is 13.4. The molecule has 1 aromatic rings. The number of rotatable bonds is 1. The van der Waals surface area contributed by atoms with Crippen molar-refractivity contribution in [1.82, 2.24) is 9.80 Å². The van der Waals surface area contributed by atoms with E-state index in [-0.39, 0.29) is 11.4 Å². The van der Waals surface area contributed by atoms with Crippen LogP contribution in [0.5, 0.6) is 0 Å². The third-order valence-electron chi connectivity index (χ3n) is 4.07. The van der Waals surface area contributed by atoms with Crippen LogP contribution in [0, 0.1) is 11.3 Å². The van der Waals surface area contributed by atoms with E-state index in [0.717, 1.165) is 37.1 Å². The molecule has 0 aliphatic carbocycles. The molecular weight excluding hydrogens is 342 g/mol. The second kappa shape index (κ2) is 6.80. The number of carbonyl (C=O) groups excluding carboxylic acids is 1. The summed E-state index contributed by atoms with van der Waals surface area (Å²) >= 11 is 3.32. The molecule has 0 bridgehead atoms. The summed E-state index contributed by atoms with van der Waals surface area (Å²) in [7, 11) is 0. The third kappa shape index (κ3) is 3.88. The van der Waals surface area contributed by atoms with Gasteiger partial charge in [-0.15, -0.1) is 0 Å². The minimum absolute atomic E-state index is 0.0137. The molecule has 0 saturated carbocycles. The molecule has 22 heavy (non-hydrogen) atoms. The van der Waals surface area contributed by atoms with E-state index in [4.69, 9.17) is 5.26 Å². The quantitative estimate of drug-likeness (QED) is 0.769. The zero-order chi connectivity index (χ0) is 16.3. The average molecular weight is 364 g/mol. The van der Waals surface area contributed by atoms with Gasteiger partial charge >= 0.3 is 0 Å². The molecule has 0 N–H and O–H groups in total. The van der Waals surface area contributed by atoms with Gasteiger partial charge in [0.1, 0.15) is 6.07 Å². The first-order valence-electron chi connectivity index (χ1n) is 7.57. The summed E-state index contributed by atoms with van der Waals surface area (Å²) in [6.45, 7) is 10.0. The largest absolute Gasteiger partial charge is 0.337 e.